The van der Waals surface area contributed by atoms with Crippen molar-refractivity contribution >= 4 is 23.3 Å². The van der Waals surface area contributed by atoms with Gasteiger partial charge in [0.1, 0.15) is 11.9 Å². The first kappa shape index (κ1) is 21.3. The molecule has 0 unspecified atom stereocenters. The predicted molar refractivity (Wildman–Crippen MR) is 110 cm³/mol. The molecule has 0 amide bonds. The lowest BCUT2D eigenvalue weighted by Crippen LogP contribution is -2.30. The summed E-state index contributed by atoms with van der Waals surface area (Å²) in [5, 5.41) is 0. The summed E-state index contributed by atoms with van der Waals surface area (Å²) in [4.78, 5) is 24.5. The number of esters is 2. The van der Waals surface area contributed by atoms with Crippen molar-refractivity contribution in [1.82, 2.24) is 0 Å². The second-order valence-corrected chi connectivity index (χ2v) is 6.50. The highest BCUT2D eigenvalue weighted by Gasteiger charge is 2.29. The molecule has 1 aliphatic rings. The van der Waals surface area contributed by atoms with Crippen LogP contribution in [0.25, 0.3) is 0 Å². The molecule has 1 fully saturated rings. The summed E-state index contributed by atoms with van der Waals surface area (Å²) in [6, 6.07) is 13.7. The quantitative estimate of drug-likeness (QED) is 0.465. The highest BCUT2D eigenvalue weighted by Crippen LogP contribution is 2.28. The number of nitrogens with two attached hydrogens (primary N) is 2. The maximum atomic E-state index is 12.2. The van der Waals surface area contributed by atoms with Gasteiger partial charge in [0.25, 0.3) is 0 Å². The van der Waals surface area contributed by atoms with E-state index in [0.717, 1.165) is 0 Å². The van der Waals surface area contributed by atoms with Crippen LogP contribution in [0, 0.1) is 5.92 Å². The first-order valence-electron chi connectivity index (χ1n) is 9.65. The van der Waals surface area contributed by atoms with Crippen molar-refractivity contribution in [2.75, 3.05) is 11.5 Å². The molecular weight excluding hydrogens is 356 g/mol. The minimum atomic E-state index is -0.445. The van der Waals surface area contributed by atoms with Crippen molar-refractivity contribution < 1.29 is 19.1 Å². The van der Waals surface area contributed by atoms with E-state index in [4.69, 9.17) is 20.9 Å². The second-order valence-electron chi connectivity index (χ2n) is 6.50. The summed E-state index contributed by atoms with van der Waals surface area (Å²) in [7, 11) is 0. The Morgan fingerprint density at radius 3 is 2.04 bits per heavy atom. The Bertz CT molecular complexity index is 764. The Balaban J connectivity index is 0.00000136. The van der Waals surface area contributed by atoms with Crippen molar-refractivity contribution in [2.45, 2.75) is 45.6 Å². The summed E-state index contributed by atoms with van der Waals surface area (Å²) in [6.45, 7) is 4.00. The topological polar surface area (TPSA) is 105 Å². The van der Waals surface area contributed by atoms with Gasteiger partial charge in [0, 0.05) is 11.4 Å². The zero-order valence-corrected chi connectivity index (χ0v) is 16.4. The molecule has 2 aromatic rings. The monoisotopic (exact) mass is 384 g/mol. The number of hydrogen-bond donors (Lipinski definition) is 2. The second kappa shape index (κ2) is 10.3. The number of ether oxygens (including phenoxy) is 2. The van der Waals surface area contributed by atoms with Crippen LogP contribution >= 0.6 is 0 Å². The number of para-hydroxylation sites is 1. The summed E-state index contributed by atoms with van der Waals surface area (Å²) < 4.78 is 10.9. The van der Waals surface area contributed by atoms with E-state index in [9.17, 15) is 9.59 Å². The smallest absolute Gasteiger partial charge is 0.338 e. The highest BCUT2D eigenvalue weighted by atomic mass is 16.5. The molecule has 0 heterocycles. The fourth-order valence-electron chi connectivity index (χ4n) is 3.12. The third kappa shape index (κ3) is 6.01. The van der Waals surface area contributed by atoms with Crippen molar-refractivity contribution in [3.63, 3.8) is 0 Å². The zero-order chi connectivity index (χ0) is 20.5. The van der Waals surface area contributed by atoms with Crippen LogP contribution in [0.4, 0.5) is 11.4 Å². The van der Waals surface area contributed by atoms with Crippen molar-refractivity contribution in [1.29, 1.82) is 0 Å². The molecule has 0 aliphatic heterocycles. The van der Waals surface area contributed by atoms with Crippen molar-refractivity contribution in [3.05, 3.63) is 54.1 Å². The van der Waals surface area contributed by atoms with Gasteiger partial charge >= 0.3 is 11.9 Å². The van der Waals surface area contributed by atoms with Crippen LogP contribution in [0.2, 0.25) is 0 Å². The summed E-state index contributed by atoms with van der Waals surface area (Å²) >= 11 is 0. The maximum absolute atomic E-state index is 12.2. The van der Waals surface area contributed by atoms with Crippen LogP contribution in [0.1, 0.15) is 49.9 Å². The van der Waals surface area contributed by atoms with Gasteiger partial charge in [-0.15, -0.1) is 0 Å². The molecule has 1 saturated carbocycles. The van der Waals surface area contributed by atoms with E-state index in [1.54, 1.807) is 30.3 Å². The summed E-state index contributed by atoms with van der Waals surface area (Å²) in [6.07, 6.45) is 2.28. The number of rotatable bonds is 4. The SMILES string of the molecule is CC.Nc1cc(N)cc(C(=O)OC2CCC(C(=O)Oc3ccccc3)CC2)c1. The van der Waals surface area contributed by atoms with Gasteiger partial charge in [-0.25, -0.2) is 4.79 Å². The lowest BCUT2D eigenvalue weighted by molar-refractivity contribution is -0.140. The molecule has 2 aromatic carbocycles. The van der Waals surface area contributed by atoms with Crippen LogP contribution in [-0.2, 0) is 9.53 Å². The van der Waals surface area contributed by atoms with Gasteiger partial charge in [-0.3, -0.25) is 4.79 Å². The maximum Gasteiger partial charge on any atom is 0.338 e. The van der Waals surface area contributed by atoms with Gasteiger partial charge < -0.3 is 20.9 Å². The van der Waals surface area contributed by atoms with E-state index in [2.05, 4.69) is 0 Å². The highest BCUT2D eigenvalue weighted by molar-refractivity contribution is 5.91. The van der Waals surface area contributed by atoms with Gasteiger partial charge in [0.05, 0.1) is 11.5 Å². The third-order valence-corrected chi connectivity index (χ3v) is 4.46. The predicted octanol–water partition coefficient (Wildman–Crippen LogP) is 4.20. The zero-order valence-electron chi connectivity index (χ0n) is 16.4. The molecule has 1 aliphatic carbocycles. The normalized spacial score (nSPS) is 18.4. The average Bonchev–Trinajstić information content (AvgIpc) is 2.70. The van der Waals surface area contributed by atoms with Gasteiger partial charge in [0.15, 0.2) is 0 Å². The first-order valence-corrected chi connectivity index (χ1v) is 9.65. The Morgan fingerprint density at radius 1 is 0.893 bits per heavy atom. The summed E-state index contributed by atoms with van der Waals surface area (Å²) in [5.41, 5.74) is 12.6. The number of anilines is 2. The minimum absolute atomic E-state index is 0.173. The molecule has 0 spiro atoms. The van der Waals surface area contributed by atoms with Gasteiger partial charge in [-0.05, 0) is 56.0 Å². The van der Waals surface area contributed by atoms with Crippen LogP contribution in [-0.4, -0.2) is 18.0 Å². The van der Waals surface area contributed by atoms with E-state index in [-0.39, 0.29) is 18.0 Å². The van der Waals surface area contributed by atoms with Crippen molar-refractivity contribution in [2.24, 2.45) is 5.92 Å². The standard InChI is InChI=1S/C20H22N2O4.C2H6/c21-15-10-14(11-16(22)12-15)20(24)26-18-8-6-13(7-9-18)19(23)25-17-4-2-1-3-5-17;1-2/h1-5,10-13,18H,6-9,21-22H2;1-2H3. The Hall–Kier alpha value is -3.02. The Morgan fingerprint density at radius 2 is 1.46 bits per heavy atom. The molecule has 150 valence electrons. The molecule has 28 heavy (non-hydrogen) atoms. The molecule has 6 nitrogen and oxygen atoms in total. The van der Waals surface area contributed by atoms with E-state index < -0.39 is 5.97 Å². The molecule has 0 aromatic heterocycles. The lowest BCUT2D eigenvalue weighted by atomic mass is 9.87. The van der Waals surface area contributed by atoms with Crippen molar-refractivity contribution in [3.8, 4) is 5.75 Å². The van der Waals surface area contributed by atoms with E-state index in [0.29, 0.717) is 48.4 Å². The van der Waals surface area contributed by atoms with E-state index >= 15 is 0 Å². The van der Waals surface area contributed by atoms with E-state index in [1.165, 1.54) is 0 Å². The minimum Gasteiger partial charge on any atom is -0.459 e. The molecule has 4 N–H and O–H groups in total. The van der Waals surface area contributed by atoms with Gasteiger partial charge in [-0.1, -0.05) is 32.0 Å². The molecular formula is C22H28N2O4. The summed E-state index contributed by atoms with van der Waals surface area (Å²) in [5.74, 6) is -0.303. The Labute approximate surface area is 165 Å². The van der Waals surface area contributed by atoms with E-state index in [1.807, 2.05) is 32.0 Å². The Kier molecular flexibility index (Phi) is 7.87. The number of nitrogen functional groups attached to an aromatic ring is 2. The fraction of sp³-hybridized carbons (Fsp3) is 0.364. The van der Waals surface area contributed by atoms with Crippen LogP contribution < -0.4 is 16.2 Å². The molecule has 0 radical (unpaired) electrons. The number of carbonyl (C=O) groups excluding carboxylic acids is 2. The molecule has 0 bridgehead atoms. The van der Waals surface area contributed by atoms with Gasteiger partial charge in [-0.2, -0.15) is 0 Å². The van der Waals surface area contributed by atoms with Crippen LogP contribution in [0.3, 0.4) is 0 Å². The van der Waals surface area contributed by atoms with Crippen LogP contribution in [0.15, 0.2) is 48.5 Å². The fourth-order valence-corrected chi connectivity index (χ4v) is 3.12. The molecule has 0 saturated heterocycles. The first-order chi connectivity index (χ1) is 13.5. The van der Waals surface area contributed by atoms with Gasteiger partial charge in [0.2, 0.25) is 0 Å². The molecule has 0 atom stereocenters. The third-order valence-electron chi connectivity index (χ3n) is 4.46. The number of hydrogen-bond acceptors (Lipinski definition) is 6. The lowest BCUT2D eigenvalue weighted by Gasteiger charge is -2.27. The molecule has 3 rings (SSSR count). The largest absolute Gasteiger partial charge is 0.459 e. The van der Waals surface area contributed by atoms with Crippen LogP contribution in [0.5, 0.6) is 5.75 Å². The number of carbonyl (C=O) groups is 2. The average molecular weight is 384 g/mol. The number of benzene rings is 2. The molecule has 6 heteroatoms.